The molecule has 2 fully saturated rings. The Balaban J connectivity index is 1.53. The van der Waals surface area contributed by atoms with Crippen molar-refractivity contribution < 1.29 is 13.7 Å². The molecule has 2 aromatic heterocycles. The molecular weight excluding hydrogens is 258 g/mol. The quantitative estimate of drug-likeness (QED) is 0.915. The minimum atomic E-state index is 0.190. The largest absolute Gasteiger partial charge is 0.461 e. The molecule has 0 saturated carbocycles. The van der Waals surface area contributed by atoms with Gasteiger partial charge in [0.05, 0.1) is 12.8 Å². The number of nitrogens with zero attached hydrogens (tertiary/aromatic N) is 2. The van der Waals surface area contributed by atoms with Gasteiger partial charge in [0.15, 0.2) is 5.76 Å². The molecular formula is C14H15N3O3. The second-order valence-corrected chi connectivity index (χ2v) is 5.30. The Labute approximate surface area is 115 Å². The van der Waals surface area contributed by atoms with Gasteiger partial charge in [-0.1, -0.05) is 5.16 Å². The first kappa shape index (κ1) is 11.7. The van der Waals surface area contributed by atoms with Crippen LogP contribution in [-0.2, 0) is 11.3 Å². The summed E-state index contributed by atoms with van der Waals surface area (Å²) in [5, 5.41) is 7.41. The molecule has 0 aliphatic carbocycles. The number of carbonyl (C=O) groups excluding carboxylic acids is 1. The van der Waals surface area contributed by atoms with Crippen molar-refractivity contribution in [2.24, 2.45) is 0 Å². The smallest absolute Gasteiger partial charge is 0.224 e. The summed E-state index contributed by atoms with van der Waals surface area (Å²) in [7, 11) is 0. The van der Waals surface area contributed by atoms with Crippen molar-refractivity contribution in [2.45, 2.75) is 31.5 Å². The first-order chi connectivity index (χ1) is 9.81. The van der Waals surface area contributed by atoms with Crippen molar-refractivity contribution in [2.75, 3.05) is 6.54 Å². The molecule has 1 N–H and O–H groups in total. The summed E-state index contributed by atoms with van der Waals surface area (Å²) in [6, 6.07) is 6.06. The normalized spacial score (nSPS) is 25.4. The molecule has 104 valence electrons. The standard InChI is InChI=1S/C14H15N3O3/c18-14-7-10-11(3-4-15-10)17(14)8-9-6-13(20-16-9)12-2-1-5-19-12/h1-2,5-6,10-11,15H,3-4,7-8H2/t10-,11-/m1/s1. The van der Waals surface area contributed by atoms with E-state index in [2.05, 4.69) is 10.5 Å². The number of likely N-dealkylation sites (tertiary alicyclic amines) is 1. The third-order valence-electron chi connectivity index (χ3n) is 4.08. The second-order valence-electron chi connectivity index (χ2n) is 5.30. The highest BCUT2D eigenvalue weighted by molar-refractivity contribution is 5.80. The van der Waals surface area contributed by atoms with Gasteiger partial charge >= 0.3 is 0 Å². The van der Waals surface area contributed by atoms with Gasteiger partial charge < -0.3 is 19.2 Å². The molecule has 4 heterocycles. The number of carbonyl (C=O) groups is 1. The van der Waals surface area contributed by atoms with Gasteiger partial charge in [0, 0.05) is 24.6 Å². The summed E-state index contributed by atoms with van der Waals surface area (Å²) in [6.45, 7) is 1.49. The minimum absolute atomic E-state index is 0.190. The molecule has 2 saturated heterocycles. The molecule has 2 aromatic rings. The van der Waals surface area contributed by atoms with Crippen molar-refractivity contribution in [3.63, 3.8) is 0 Å². The first-order valence-corrected chi connectivity index (χ1v) is 6.83. The van der Waals surface area contributed by atoms with Gasteiger partial charge in [-0.15, -0.1) is 0 Å². The first-order valence-electron chi connectivity index (χ1n) is 6.83. The molecule has 0 bridgehead atoms. The number of aromatic nitrogens is 1. The summed E-state index contributed by atoms with van der Waals surface area (Å²) in [5.74, 6) is 1.43. The molecule has 6 nitrogen and oxygen atoms in total. The third kappa shape index (κ3) is 1.84. The van der Waals surface area contributed by atoms with E-state index in [9.17, 15) is 4.79 Å². The van der Waals surface area contributed by atoms with Gasteiger partial charge in [-0.05, 0) is 25.1 Å². The Hall–Kier alpha value is -2.08. The molecule has 4 rings (SSSR count). The van der Waals surface area contributed by atoms with Crippen molar-refractivity contribution in [3.8, 4) is 11.5 Å². The van der Waals surface area contributed by atoms with E-state index >= 15 is 0 Å². The molecule has 6 heteroatoms. The van der Waals surface area contributed by atoms with Crippen molar-refractivity contribution >= 4 is 5.91 Å². The molecule has 0 radical (unpaired) electrons. The predicted molar refractivity (Wildman–Crippen MR) is 69.6 cm³/mol. The van der Waals surface area contributed by atoms with E-state index < -0.39 is 0 Å². The number of furan rings is 1. The lowest BCUT2D eigenvalue weighted by molar-refractivity contribution is -0.129. The average molecular weight is 273 g/mol. The molecule has 2 atom stereocenters. The molecule has 1 amide bonds. The van der Waals surface area contributed by atoms with Crippen LogP contribution in [0.5, 0.6) is 0 Å². The summed E-state index contributed by atoms with van der Waals surface area (Å²) < 4.78 is 10.5. The summed E-state index contributed by atoms with van der Waals surface area (Å²) in [5.41, 5.74) is 0.761. The Morgan fingerprint density at radius 2 is 2.40 bits per heavy atom. The van der Waals surface area contributed by atoms with E-state index in [0.717, 1.165) is 18.7 Å². The number of rotatable bonds is 3. The third-order valence-corrected chi connectivity index (χ3v) is 4.08. The van der Waals surface area contributed by atoms with Crippen LogP contribution in [0.3, 0.4) is 0 Å². The van der Waals surface area contributed by atoms with E-state index in [1.807, 2.05) is 17.0 Å². The zero-order valence-electron chi connectivity index (χ0n) is 10.9. The number of nitrogens with one attached hydrogen (secondary N) is 1. The van der Waals surface area contributed by atoms with Gasteiger partial charge in [-0.3, -0.25) is 4.79 Å². The van der Waals surface area contributed by atoms with Crippen LogP contribution in [-0.4, -0.2) is 34.6 Å². The average Bonchev–Trinajstić information content (AvgIpc) is 3.17. The van der Waals surface area contributed by atoms with E-state index in [1.165, 1.54) is 0 Å². The highest BCUT2D eigenvalue weighted by Crippen LogP contribution is 2.28. The molecule has 2 aliphatic heterocycles. The van der Waals surface area contributed by atoms with Crippen LogP contribution in [0.15, 0.2) is 33.4 Å². The van der Waals surface area contributed by atoms with E-state index in [0.29, 0.717) is 36.6 Å². The van der Waals surface area contributed by atoms with E-state index in [-0.39, 0.29) is 5.91 Å². The summed E-state index contributed by atoms with van der Waals surface area (Å²) in [4.78, 5) is 13.9. The van der Waals surface area contributed by atoms with Crippen LogP contribution in [0.25, 0.3) is 11.5 Å². The predicted octanol–water partition coefficient (Wildman–Crippen LogP) is 1.40. The summed E-state index contributed by atoms with van der Waals surface area (Å²) >= 11 is 0. The van der Waals surface area contributed by atoms with Gasteiger partial charge in [0.2, 0.25) is 11.7 Å². The Bertz CT molecular complexity index is 619. The maximum absolute atomic E-state index is 12.0. The van der Waals surface area contributed by atoms with E-state index in [4.69, 9.17) is 8.94 Å². The Morgan fingerprint density at radius 3 is 3.25 bits per heavy atom. The zero-order chi connectivity index (χ0) is 13.5. The molecule has 2 aliphatic rings. The summed E-state index contributed by atoms with van der Waals surface area (Å²) in [6.07, 6.45) is 3.20. The van der Waals surface area contributed by atoms with Crippen molar-refractivity contribution in [1.29, 1.82) is 0 Å². The fraction of sp³-hybridized carbons (Fsp3) is 0.429. The molecule has 0 unspecified atom stereocenters. The lowest BCUT2D eigenvalue weighted by Crippen LogP contribution is -2.35. The SMILES string of the molecule is O=C1C[C@H]2NCC[C@H]2N1Cc1cc(-c2ccco2)on1. The lowest BCUT2D eigenvalue weighted by atomic mass is 10.1. The number of amides is 1. The van der Waals surface area contributed by atoms with Crippen molar-refractivity contribution in [3.05, 3.63) is 30.2 Å². The lowest BCUT2D eigenvalue weighted by Gasteiger charge is -2.21. The Morgan fingerprint density at radius 1 is 1.45 bits per heavy atom. The minimum Gasteiger partial charge on any atom is -0.461 e. The monoisotopic (exact) mass is 273 g/mol. The van der Waals surface area contributed by atoms with Crippen LogP contribution < -0.4 is 5.32 Å². The molecule has 0 aromatic carbocycles. The van der Waals surface area contributed by atoms with Crippen molar-refractivity contribution in [1.82, 2.24) is 15.4 Å². The van der Waals surface area contributed by atoms with E-state index in [1.54, 1.807) is 12.3 Å². The van der Waals surface area contributed by atoms with Crippen LogP contribution >= 0.6 is 0 Å². The zero-order valence-corrected chi connectivity index (χ0v) is 10.9. The van der Waals surface area contributed by atoms with Gasteiger partial charge in [-0.2, -0.15) is 0 Å². The van der Waals surface area contributed by atoms with Crippen LogP contribution in [0, 0.1) is 0 Å². The second kappa shape index (κ2) is 4.49. The van der Waals surface area contributed by atoms with Gasteiger partial charge in [-0.25, -0.2) is 0 Å². The maximum atomic E-state index is 12.0. The van der Waals surface area contributed by atoms with Crippen LogP contribution in [0.2, 0.25) is 0 Å². The highest BCUT2D eigenvalue weighted by atomic mass is 16.5. The number of hydrogen-bond acceptors (Lipinski definition) is 5. The Kier molecular flexibility index (Phi) is 2.63. The maximum Gasteiger partial charge on any atom is 0.224 e. The number of hydrogen-bond donors (Lipinski definition) is 1. The highest BCUT2D eigenvalue weighted by Gasteiger charge is 2.42. The topological polar surface area (TPSA) is 71.5 Å². The van der Waals surface area contributed by atoms with Crippen LogP contribution in [0.1, 0.15) is 18.5 Å². The molecule has 0 spiro atoms. The van der Waals surface area contributed by atoms with Gasteiger partial charge in [0.1, 0.15) is 5.69 Å². The van der Waals surface area contributed by atoms with Gasteiger partial charge in [0.25, 0.3) is 0 Å². The fourth-order valence-electron chi connectivity index (χ4n) is 3.13. The number of fused-ring (bicyclic) bond motifs is 1. The fourth-order valence-corrected chi connectivity index (χ4v) is 3.13. The van der Waals surface area contributed by atoms with Crippen LogP contribution in [0.4, 0.5) is 0 Å². The molecule has 20 heavy (non-hydrogen) atoms.